The van der Waals surface area contributed by atoms with Crippen LogP contribution in [0, 0.1) is 0 Å². The molecule has 0 atom stereocenters. The van der Waals surface area contributed by atoms with Crippen LogP contribution in [-0.4, -0.2) is 40.0 Å². The lowest BCUT2D eigenvalue weighted by molar-refractivity contribution is 0.157. The number of tetrazole rings is 1. The predicted octanol–water partition coefficient (Wildman–Crippen LogP) is 1.34. The maximum absolute atomic E-state index is 5.41. The van der Waals surface area contributed by atoms with Gasteiger partial charge in [-0.05, 0) is 29.5 Å². The fraction of sp³-hybridized carbons (Fsp3) is 0.357. The van der Waals surface area contributed by atoms with Crippen molar-refractivity contribution in [2.75, 3.05) is 19.8 Å². The monoisotopic (exact) mass is 273 g/mol. The standard InChI is InChI=1S/C14H19N5O/c1-12(2)11-20-9-8-15-10-14-16-17-18-19(14)13-6-4-3-5-7-13/h3-7,15H,1,8-11H2,2H3. The zero-order chi connectivity index (χ0) is 14.2. The number of hydrogen-bond donors (Lipinski definition) is 1. The lowest BCUT2D eigenvalue weighted by atomic mass is 10.3. The molecule has 0 amide bonds. The van der Waals surface area contributed by atoms with Gasteiger partial charge in [-0.3, -0.25) is 0 Å². The molecule has 0 aliphatic carbocycles. The van der Waals surface area contributed by atoms with Crippen LogP contribution in [0.3, 0.4) is 0 Å². The molecule has 6 heteroatoms. The van der Waals surface area contributed by atoms with E-state index in [4.69, 9.17) is 4.74 Å². The van der Waals surface area contributed by atoms with Crippen LogP contribution in [0.1, 0.15) is 12.7 Å². The third-order valence-corrected chi connectivity index (χ3v) is 2.59. The summed E-state index contributed by atoms with van der Waals surface area (Å²) in [4.78, 5) is 0. The van der Waals surface area contributed by atoms with Crippen LogP contribution < -0.4 is 5.32 Å². The fourth-order valence-electron chi connectivity index (χ4n) is 1.68. The molecule has 1 aromatic heterocycles. The largest absolute Gasteiger partial charge is 0.376 e. The van der Waals surface area contributed by atoms with Crippen molar-refractivity contribution in [2.24, 2.45) is 0 Å². The molecule has 0 saturated heterocycles. The van der Waals surface area contributed by atoms with Gasteiger partial charge in [0.1, 0.15) is 0 Å². The Labute approximate surface area is 118 Å². The van der Waals surface area contributed by atoms with Gasteiger partial charge in [0.05, 0.1) is 25.4 Å². The van der Waals surface area contributed by atoms with Gasteiger partial charge >= 0.3 is 0 Å². The molecular formula is C14H19N5O. The van der Waals surface area contributed by atoms with Gasteiger partial charge in [0.15, 0.2) is 5.82 Å². The number of aromatic nitrogens is 4. The number of nitrogens with zero attached hydrogens (tertiary/aromatic N) is 4. The lowest BCUT2D eigenvalue weighted by Crippen LogP contribution is -2.21. The van der Waals surface area contributed by atoms with E-state index in [1.165, 1.54) is 0 Å². The summed E-state index contributed by atoms with van der Waals surface area (Å²) in [6.07, 6.45) is 0. The van der Waals surface area contributed by atoms with Crippen LogP contribution in [0.15, 0.2) is 42.5 Å². The predicted molar refractivity (Wildman–Crippen MR) is 76.5 cm³/mol. The molecule has 1 heterocycles. The SMILES string of the molecule is C=C(C)COCCNCc1nnnn1-c1ccccc1. The highest BCUT2D eigenvalue weighted by molar-refractivity contribution is 5.30. The van der Waals surface area contributed by atoms with E-state index in [2.05, 4.69) is 27.4 Å². The molecule has 0 aliphatic heterocycles. The number of para-hydroxylation sites is 1. The van der Waals surface area contributed by atoms with Crippen LogP contribution in [0.2, 0.25) is 0 Å². The van der Waals surface area contributed by atoms with Gasteiger partial charge in [0, 0.05) is 6.54 Å². The average molecular weight is 273 g/mol. The molecule has 2 rings (SSSR count). The second-order valence-corrected chi connectivity index (χ2v) is 4.53. The maximum atomic E-state index is 5.41. The molecule has 0 saturated carbocycles. The minimum Gasteiger partial charge on any atom is -0.376 e. The summed E-state index contributed by atoms with van der Waals surface area (Å²) in [5.74, 6) is 0.774. The van der Waals surface area contributed by atoms with Crippen molar-refractivity contribution in [3.8, 4) is 5.69 Å². The molecule has 0 fully saturated rings. The Morgan fingerprint density at radius 1 is 1.35 bits per heavy atom. The van der Waals surface area contributed by atoms with E-state index in [-0.39, 0.29) is 0 Å². The van der Waals surface area contributed by atoms with Crippen LogP contribution >= 0.6 is 0 Å². The molecular weight excluding hydrogens is 254 g/mol. The third-order valence-electron chi connectivity index (χ3n) is 2.59. The highest BCUT2D eigenvalue weighted by atomic mass is 16.5. The summed E-state index contributed by atoms with van der Waals surface area (Å²) in [6.45, 7) is 8.31. The Kier molecular flexibility index (Phi) is 5.40. The molecule has 0 radical (unpaired) electrons. The zero-order valence-corrected chi connectivity index (χ0v) is 11.6. The molecule has 2 aromatic rings. The van der Waals surface area contributed by atoms with Gasteiger partial charge in [-0.1, -0.05) is 30.4 Å². The molecule has 1 N–H and O–H groups in total. The van der Waals surface area contributed by atoms with Gasteiger partial charge in [-0.15, -0.1) is 5.10 Å². The second kappa shape index (κ2) is 7.52. The van der Waals surface area contributed by atoms with E-state index >= 15 is 0 Å². The minimum absolute atomic E-state index is 0.596. The first-order chi connectivity index (χ1) is 9.77. The van der Waals surface area contributed by atoms with Gasteiger partial charge < -0.3 is 10.1 Å². The number of hydrogen-bond acceptors (Lipinski definition) is 5. The molecule has 106 valence electrons. The highest BCUT2D eigenvalue weighted by Crippen LogP contribution is 2.06. The van der Waals surface area contributed by atoms with Crippen molar-refractivity contribution in [1.29, 1.82) is 0 Å². The van der Waals surface area contributed by atoms with Crippen LogP contribution in [0.4, 0.5) is 0 Å². The molecule has 20 heavy (non-hydrogen) atoms. The van der Waals surface area contributed by atoms with Gasteiger partial charge in [0.25, 0.3) is 0 Å². The van der Waals surface area contributed by atoms with E-state index < -0.39 is 0 Å². The Morgan fingerprint density at radius 3 is 2.90 bits per heavy atom. The number of benzene rings is 1. The third kappa shape index (κ3) is 4.25. The molecule has 0 bridgehead atoms. The van der Waals surface area contributed by atoms with Crippen molar-refractivity contribution < 1.29 is 4.74 Å². The lowest BCUT2D eigenvalue weighted by Gasteiger charge is -2.06. The summed E-state index contributed by atoms with van der Waals surface area (Å²) < 4.78 is 7.13. The van der Waals surface area contributed by atoms with Crippen molar-refractivity contribution in [2.45, 2.75) is 13.5 Å². The van der Waals surface area contributed by atoms with E-state index in [1.54, 1.807) is 4.68 Å². The second-order valence-electron chi connectivity index (χ2n) is 4.53. The van der Waals surface area contributed by atoms with Crippen molar-refractivity contribution in [3.05, 3.63) is 48.3 Å². The highest BCUT2D eigenvalue weighted by Gasteiger charge is 2.06. The topological polar surface area (TPSA) is 64.9 Å². The number of ether oxygens (including phenoxy) is 1. The van der Waals surface area contributed by atoms with Gasteiger partial charge in [-0.25, -0.2) is 0 Å². The summed E-state index contributed by atoms with van der Waals surface area (Å²) >= 11 is 0. The Hall–Kier alpha value is -2.05. The van der Waals surface area contributed by atoms with Crippen molar-refractivity contribution in [1.82, 2.24) is 25.5 Å². The van der Waals surface area contributed by atoms with E-state index in [1.807, 2.05) is 37.3 Å². The van der Waals surface area contributed by atoms with Crippen LogP contribution in [0.25, 0.3) is 5.69 Å². The summed E-state index contributed by atoms with van der Waals surface area (Å²) in [6, 6.07) is 9.82. The maximum Gasteiger partial charge on any atom is 0.170 e. The first-order valence-corrected chi connectivity index (χ1v) is 6.53. The molecule has 0 aliphatic rings. The van der Waals surface area contributed by atoms with E-state index in [0.29, 0.717) is 19.8 Å². The Balaban J connectivity index is 1.80. The van der Waals surface area contributed by atoms with Crippen LogP contribution in [-0.2, 0) is 11.3 Å². The first kappa shape index (κ1) is 14.4. The normalized spacial score (nSPS) is 10.7. The number of nitrogens with one attached hydrogen (secondary N) is 1. The zero-order valence-electron chi connectivity index (χ0n) is 11.6. The molecule has 1 aromatic carbocycles. The Morgan fingerprint density at radius 2 is 2.15 bits per heavy atom. The Bertz CT molecular complexity index is 538. The smallest absolute Gasteiger partial charge is 0.170 e. The summed E-state index contributed by atoms with van der Waals surface area (Å²) in [5.41, 5.74) is 1.98. The summed E-state index contributed by atoms with van der Waals surface area (Å²) in [7, 11) is 0. The van der Waals surface area contributed by atoms with Gasteiger partial charge in [-0.2, -0.15) is 4.68 Å². The van der Waals surface area contributed by atoms with Crippen molar-refractivity contribution >= 4 is 0 Å². The number of rotatable bonds is 8. The first-order valence-electron chi connectivity index (χ1n) is 6.53. The molecule has 0 spiro atoms. The van der Waals surface area contributed by atoms with Gasteiger partial charge in [0.2, 0.25) is 0 Å². The van der Waals surface area contributed by atoms with E-state index in [0.717, 1.165) is 23.6 Å². The fourth-order valence-corrected chi connectivity index (χ4v) is 1.68. The quantitative estimate of drug-likeness (QED) is 0.581. The minimum atomic E-state index is 0.596. The average Bonchev–Trinajstić information content (AvgIpc) is 2.92. The van der Waals surface area contributed by atoms with E-state index in [9.17, 15) is 0 Å². The van der Waals surface area contributed by atoms with Crippen molar-refractivity contribution in [3.63, 3.8) is 0 Å². The summed E-state index contributed by atoms with van der Waals surface area (Å²) in [5, 5.41) is 15.0. The molecule has 6 nitrogen and oxygen atoms in total. The molecule has 0 unspecified atom stereocenters. The van der Waals surface area contributed by atoms with Crippen LogP contribution in [0.5, 0.6) is 0 Å².